The first-order chi connectivity index (χ1) is 9.24. The van der Waals surface area contributed by atoms with Crippen LogP contribution in [0.3, 0.4) is 0 Å². The Kier molecular flexibility index (Phi) is 3.65. The SMILES string of the molecule is CN(C)c1cccc(N2CCN3CCCCC3C2)c1. The van der Waals surface area contributed by atoms with Crippen molar-refractivity contribution in [1.29, 1.82) is 0 Å². The molecule has 3 rings (SSSR count). The molecule has 1 aromatic carbocycles. The Hall–Kier alpha value is -1.22. The van der Waals surface area contributed by atoms with Gasteiger partial charge in [0.2, 0.25) is 0 Å². The van der Waals surface area contributed by atoms with Crippen molar-refractivity contribution in [3.8, 4) is 0 Å². The maximum atomic E-state index is 2.69. The van der Waals surface area contributed by atoms with Gasteiger partial charge in [0, 0.05) is 51.1 Å². The second kappa shape index (κ2) is 5.41. The van der Waals surface area contributed by atoms with Gasteiger partial charge < -0.3 is 9.80 Å². The minimum atomic E-state index is 0.783. The predicted octanol–water partition coefficient (Wildman–Crippen LogP) is 2.43. The molecule has 104 valence electrons. The Bertz CT molecular complexity index is 430. The van der Waals surface area contributed by atoms with Crippen molar-refractivity contribution in [2.45, 2.75) is 25.3 Å². The van der Waals surface area contributed by atoms with Crippen LogP contribution in [0.1, 0.15) is 19.3 Å². The highest BCUT2D eigenvalue weighted by Crippen LogP contribution is 2.27. The second-order valence-corrected chi connectivity index (χ2v) is 6.05. The van der Waals surface area contributed by atoms with E-state index < -0.39 is 0 Å². The third kappa shape index (κ3) is 2.71. The van der Waals surface area contributed by atoms with Gasteiger partial charge in [0.05, 0.1) is 0 Å². The largest absolute Gasteiger partial charge is 0.378 e. The maximum absolute atomic E-state index is 2.69. The van der Waals surface area contributed by atoms with E-state index in [1.165, 1.54) is 56.8 Å². The van der Waals surface area contributed by atoms with Crippen LogP contribution in [0.2, 0.25) is 0 Å². The lowest BCUT2D eigenvalue weighted by atomic mass is 9.99. The zero-order valence-electron chi connectivity index (χ0n) is 12.2. The summed E-state index contributed by atoms with van der Waals surface area (Å²) in [6.45, 7) is 4.93. The van der Waals surface area contributed by atoms with Gasteiger partial charge in [-0.15, -0.1) is 0 Å². The molecule has 2 fully saturated rings. The molecule has 0 bridgehead atoms. The first-order valence-corrected chi connectivity index (χ1v) is 7.50. The Balaban J connectivity index is 1.74. The molecule has 0 saturated carbocycles. The van der Waals surface area contributed by atoms with Gasteiger partial charge in [-0.3, -0.25) is 4.90 Å². The number of fused-ring (bicyclic) bond motifs is 1. The first kappa shape index (κ1) is 12.8. The maximum Gasteiger partial charge on any atom is 0.0387 e. The number of anilines is 2. The van der Waals surface area contributed by atoms with Crippen LogP contribution in [0.4, 0.5) is 11.4 Å². The van der Waals surface area contributed by atoms with Gasteiger partial charge in [-0.25, -0.2) is 0 Å². The lowest BCUT2D eigenvalue weighted by Crippen LogP contribution is -2.54. The summed E-state index contributed by atoms with van der Waals surface area (Å²) in [6, 6.07) is 9.72. The summed E-state index contributed by atoms with van der Waals surface area (Å²) in [7, 11) is 4.22. The number of nitrogens with zero attached hydrogens (tertiary/aromatic N) is 3. The van der Waals surface area contributed by atoms with Crippen molar-refractivity contribution in [2.75, 3.05) is 50.1 Å². The van der Waals surface area contributed by atoms with Gasteiger partial charge in [0.25, 0.3) is 0 Å². The quantitative estimate of drug-likeness (QED) is 0.807. The second-order valence-electron chi connectivity index (χ2n) is 6.05. The fourth-order valence-electron chi connectivity index (χ4n) is 3.36. The van der Waals surface area contributed by atoms with E-state index >= 15 is 0 Å². The lowest BCUT2D eigenvalue weighted by Gasteiger charge is -2.45. The molecule has 0 amide bonds. The Labute approximate surface area is 116 Å². The molecule has 2 saturated heterocycles. The summed E-state index contributed by atoms with van der Waals surface area (Å²) in [5, 5.41) is 0. The molecule has 3 heteroatoms. The number of benzene rings is 1. The molecule has 3 nitrogen and oxygen atoms in total. The van der Waals surface area contributed by atoms with E-state index in [0.29, 0.717) is 0 Å². The van der Waals surface area contributed by atoms with Crippen LogP contribution in [0, 0.1) is 0 Å². The van der Waals surface area contributed by atoms with Crippen LogP contribution in [-0.2, 0) is 0 Å². The van der Waals surface area contributed by atoms with Crippen molar-refractivity contribution >= 4 is 11.4 Å². The number of hydrogen-bond donors (Lipinski definition) is 0. The van der Waals surface area contributed by atoms with Crippen LogP contribution in [0.25, 0.3) is 0 Å². The van der Waals surface area contributed by atoms with Gasteiger partial charge in [0.1, 0.15) is 0 Å². The highest BCUT2D eigenvalue weighted by molar-refractivity contribution is 5.59. The van der Waals surface area contributed by atoms with E-state index in [1.807, 2.05) is 0 Å². The first-order valence-electron chi connectivity index (χ1n) is 7.50. The molecular weight excluding hydrogens is 234 g/mol. The molecule has 1 atom stereocenters. The van der Waals surface area contributed by atoms with E-state index in [2.05, 4.69) is 53.1 Å². The minimum absolute atomic E-state index is 0.783. The van der Waals surface area contributed by atoms with Crippen molar-refractivity contribution < 1.29 is 0 Å². The highest BCUT2D eigenvalue weighted by Gasteiger charge is 2.28. The number of piperazine rings is 1. The van der Waals surface area contributed by atoms with E-state index in [1.54, 1.807) is 0 Å². The van der Waals surface area contributed by atoms with Gasteiger partial charge in [0.15, 0.2) is 0 Å². The van der Waals surface area contributed by atoms with Crippen LogP contribution < -0.4 is 9.80 Å². The zero-order chi connectivity index (χ0) is 13.2. The van der Waals surface area contributed by atoms with Crippen LogP contribution in [0.5, 0.6) is 0 Å². The summed E-state index contributed by atoms with van der Waals surface area (Å²) in [6.07, 6.45) is 4.18. The van der Waals surface area contributed by atoms with Crippen LogP contribution >= 0.6 is 0 Å². The molecule has 2 aliphatic heterocycles. The van der Waals surface area contributed by atoms with E-state index in [0.717, 1.165) is 6.04 Å². The van der Waals surface area contributed by atoms with Gasteiger partial charge in [-0.2, -0.15) is 0 Å². The molecule has 0 spiro atoms. The van der Waals surface area contributed by atoms with Crippen molar-refractivity contribution in [2.24, 2.45) is 0 Å². The van der Waals surface area contributed by atoms with Gasteiger partial charge in [-0.1, -0.05) is 12.5 Å². The number of piperidine rings is 1. The minimum Gasteiger partial charge on any atom is -0.378 e. The highest BCUT2D eigenvalue weighted by atomic mass is 15.3. The van der Waals surface area contributed by atoms with E-state index in [9.17, 15) is 0 Å². The predicted molar refractivity (Wildman–Crippen MR) is 82.2 cm³/mol. The molecule has 2 heterocycles. The lowest BCUT2D eigenvalue weighted by molar-refractivity contribution is 0.133. The zero-order valence-corrected chi connectivity index (χ0v) is 12.2. The third-order valence-corrected chi connectivity index (χ3v) is 4.55. The van der Waals surface area contributed by atoms with Crippen LogP contribution in [-0.4, -0.2) is 51.2 Å². The average Bonchev–Trinajstić information content (AvgIpc) is 2.47. The summed E-state index contributed by atoms with van der Waals surface area (Å²) < 4.78 is 0. The van der Waals surface area contributed by atoms with E-state index in [-0.39, 0.29) is 0 Å². The molecule has 1 aromatic rings. The average molecular weight is 259 g/mol. The Morgan fingerprint density at radius 3 is 2.84 bits per heavy atom. The molecule has 0 N–H and O–H groups in total. The van der Waals surface area contributed by atoms with Crippen molar-refractivity contribution in [3.63, 3.8) is 0 Å². The van der Waals surface area contributed by atoms with Gasteiger partial charge >= 0.3 is 0 Å². The fraction of sp³-hybridized carbons (Fsp3) is 0.625. The summed E-state index contributed by atoms with van der Waals surface area (Å²) in [5.41, 5.74) is 2.68. The molecule has 0 aromatic heterocycles. The van der Waals surface area contributed by atoms with Crippen molar-refractivity contribution in [3.05, 3.63) is 24.3 Å². The standard InChI is InChI=1S/C16H25N3/c1-17(2)14-7-5-8-15(12-14)19-11-10-18-9-4-3-6-16(18)13-19/h5,7-8,12,16H,3-4,6,9-11,13H2,1-2H3. The fourth-order valence-corrected chi connectivity index (χ4v) is 3.36. The summed E-state index contributed by atoms with van der Waals surface area (Å²) in [5.74, 6) is 0. The molecule has 2 aliphatic rings. The Morgan fingerprint density at radius 2 is 2.00 bits per heavy atom. The van der Waals surface area contributed by atoms with Crippen LogP contribution in [0.15, 0.2) is 24.3 Å². The summed E-state index contributed by atoms with van der Waals surface area (Å²) >= 11 is 0. The normalized spacial score (nSPS) is 24.1. The smallest absolute Gasteiger partial charge is 0.0387 e. The third-order valence-electron chi connectivity index (χ3n) is 4.55. The van der Waals surface area contributed by atoms with Crippen molar-refractivity contribution in [1.82, 2.24) is 4.90 Å². The topological polar surface area (TPSA) is 9.72 Å². The monoisotopic (exact) mass is 259 g/mol. The number of hydrogen-bond acceptors (Lipinski definition) is 3. The van der Waals surface area contributed by atoms with E-state index in [4.69, 9.17) is 0 Å². The van der Waals surface area contributed by atoms with Gasteiger partial charge in [-0.05, 0) is 37.6 Å². The Morgan fingerprint density at radius 1 is 1.11 bits per heavy atom. The molecule has 19 heavy (non-hydrogen) atoms. The summed E-state index contributed by atoms with van der Waals surface area (Å²) in [4.78, 5) is 7.44. The molecule has 1 unspecified atom stereocenters. The molecule has 0 aliphatic carbocycles. The molecular formula is C16H25N3. The number of rotatable bonds is 2. The molecule has 0 radical (unpaired) electrons.